The van der Waals surface area contributed by atoms with Crippen molar-refractivity contribution in [2.45, 2.75) is 248 Å². The van der Waals surface area contributed by atoms with E-state index in [1.165, 1.54) is 94.6 Å². The van der Waals surface area contributed by atoms with Crippen molar-refractivity contribution in [1.82, 2.24) is 60.5 Å². The molecule has 0 spiro atoms. The third kappa shape index (κ3) is 23.5. The van der Waals surface area contributed by atoms with E-state index in [9.17, 15) is 29.1 Å². The zero-order valence-corrected chi connectivity index (χ0v) is 63.2. The van der Waals surface area contributed by atoms with Gasteiger partial charge >= 0.3 is 0 Å². The Morgan fingerprint density at radius 3 is 1.50 bits per heavy atom. The molecule has 2 fully saturated rings. The molecule has 26 heteroatoms. The lowest BCUT2D eigenvalue weighted by atomic mass is 9.91. The molecule has 0 saturated carbocycles. The summed E-state index contributed by atoms with van der Waals surface area (Å²) < 4.78 is 12.3. The minimum absolute atomic E-state index is 0.0115. The largest absolute Gasteiger partial charge is 0.390 e. The summed E-state index contributed by atoms with van der Waals surface area (Å²) in [6.45, 7) is 35.5. The second-order valence-corrected chi connectivity index (χ2v) is 29.4. The molecule has 0 aliphatic carbocycles. The summed E-state index contributed by atoms with van der Waals surface area (Å²) in [7, 11) is 9.92. The Labute approximate surface area is 574 Å². The lowest BCUT2D eigenvalue weighted by Gasteiger charge is -2.41. The van der Waals surface area contributed by atoms with Crippen molar-refractivity contribution >= 4 is 65.0 Å². The van der Waals surface area contributed by atoms with E-state index in [0.717, 1.165) is 16.3 Å². The van der Waals surface area contributed by atoms with Crippen LogP contribution in [0.3, 0.4) is 0 Å². The number of morpholine rings is 1. The highest BCUT2D eigenvalue weighted by molar-refractivity contribution is 6.00. The summed E-state index contributed by atoms with van der Waals surface area (Å²) in [5, 5.41) is 23.4. The van der Waals surface area contributed by atoms with E-state index in [1.807, 2.05) is 47.6 Å². The Balaban J connectivity index is 3.04. The molecule has 550 valence electrons. The smallest absolute Gasteiger partial charge is 0.246 e. The van der Waals surface area contributed by atoms with Gasteiger partial charge < -0.3 is 70.1 Å². The average Bonchev–Trinajstić information content (AvgIpc) is 0.802. The third-order valence-electron chi connectivity index (χ3n) is 18.9. The molecule has 15 atom stereocenters. The van der Waals surface area contributed by atoms with Crippen molar-refractivity contribution < 1.29 is 67.3 Å². The zero-order chi connectivity index (χ0) is 73.8. The first-order valence-corrected chi connectivity index (χ1v) is 34.8. The highest BCUT2D eigenvalue weighted by Crippen LogP contribution is 2.26. The number of nitrogens with zero attached hydrogens (tertiary/aromatic N) is 8. The van der Waals surface area contributed by atoms with Gasteiger partial charge in [-0.1, -0.05) is 102 Å². The Morgan fingerprint density at radius 1 is 0.521 bits per heavy atom. The highest BCUT2D eigenvalue weighted by Gasteiger charge is 2.47. The van der Waals surface area contributed by atoms with Gasteiger partial charge in [0.1, 0.15) is 66.5 Å². The number of ether oxygens (including phenoxy) is 2. The molecule has 2 aliphatic rings. The van der Waals surface area contributed by atoms with E-state index in [-0.39, 0.29) is 68.8 Å². The molecule has 0 bridgehead atoms. The number of hydrogen-bond acceptors (Lipinski definition) is 15. The first-order chi connectivity index (χ1) is 44.5. The van der Waals surface area contributed by atoms with E-state index in [1.54, 1.807) is 61.5 Å². The van der Waals surface area contributed by atoms with Gasteiger partial charge in [0.05, 0.1) is 32.0 Å². The number of carbonyl (C=O) groups is 11. The SMILES string of the molecule is C/C=C/C[C@@H](C)[C@@H](O)[C@H]1C(=O)N[C@@H](CC)C(=O)N(C)[C@H](C)C(=O)N(C)[C@@H]([C@H](C)COCC2CN(C(C)C)CCO2)C(=O)N[C@@H](C(C)C)C(=O)N(C)[C@@H](CC(C)C)C(=O)N[C@@H](C)C(=O)N[C@H](C)C(=O)N(C)[C@@H](CC(C)C)C(=O)N(C)[C@@H](CC(C)C)C(=O)N(C)[C@@H](C(C)C)C(=O)N1C. The average molecular weight is 1360 g/mol. The number of likely N-dealkylation sites (N-methyl/N-ethyl adjacent to an activating group) is 7. The molecule has 11 amide bonds. The summed E-state index contributed by atoms with van der Waals surface area (Å²) in [6.07, 6.45) is 2.48. The van der Waals surface area contributed by atoms with Crippen LogP contribution < -0.4 is 21.3 Å². The first-order valence-electron chi connectivity index (χ1n) is 34.8. The molecule has 2 saturated heterocycles. The number of amides is 11. The van der Waals surface area contributed by atoms with Crippen LogP contribution >= 0.6 is 0 Å². The van der Waals surface area contributed by atoms with Crippen molar-refractivity contribution in [3.63, 3.8) is 0 Å². The molecule has 2 heterocycles. The number of nitrogens with one attached hydrogen (secondary N) is 4. The maximum absolute atomic E-state index is 15.3. The quantitative estimate of drug-likeness (QED) is 0.116. The predicted molar refractivity (Wildman–Crippen MR) is 370 cm³/mol. The summed E-state index contributed by atoms with van der Waals surface area (Å²) in [6, 6.07) is -13.9. The number of allylic oxidation sites excluding steroid dienone is 2. The van der Waals surface area contributed by atoms with Crippen LogP contribution in [0.15, 0.2) is 12.2 Å². The summed E-state index contributed by atoms with van der Waals surface area (Å²) in [4.78, 5) is 174. The standard InChI is InChI=1S/C70H126N12O14/c1-27-29-30-45(15)59(83)58-63(87)73-51(28-2)66(90)75(20)49(19)65(89)80(25)57(46(16)37-95-38-50-36-82(44(13)14)31-32-96-50)62(86)74-55(42(9)10)69(93)76(21)52(33-39(3)4)61(85)71-47(17)60(84)72-48(18)64(88)77(22)53(34-40(5)6)67(91)78(23)54(35-41(7)8)68(92)79(24)56(43(11)12)70(94)81(58)26/h27,29,39-59,83H,28,30-38H2,1-26H3,(H,71,85)(H,72,84)(H,73,87)(H,74,86)/b29-27+/t45-,46-,47+,48-,49-,50?,51+,52+,53+,54+,55+,56+,57+,58+,59-/m1/s1. The normalized spacial score (nSPS) is 28.3. The van der Waals surface area contributed by atoms with E-state index in [2.05, 4.69) is 40.0 Å². The minimum Gasteiger partial charge on any atom is -0.390 e. The van der Waals surface area contributed by atoms with Crippen LogP contribution in [0.2, 0.25) is 0 Å². The number of rotatable bonds is 19. The van der Waals surface area contributed by atoms with Gasteiger partial charge in [-0.3, -0.25) is 57.6 Å². The third-order valence-corrected chi connectivity index (χ3v) is 18.9. The fourth-order valence-corrected chi connectivity index (χ4v) is 12.6. The number of aliphatic hydroxyl groups excluding tert-OH is 1. The molecule has 0 aromatic rings. The molecular weight excluding hydrogens is 1230 g/mol. The van der Waals surface area contributed by atoms with E-state index in [4.69, 9.17) is 9.47 Å². The molecule has 26 nitrogen and oxygen atoms in total. The van der Waals surface area contributed by atoms with Crippen LogP contribution in [0.4, 0.5) is 0 Å². The van der Waals surface area contributed by atoms with Gasteiger partial charge in [-0.2, -0.15) is 0 Å². The summed E-state index contributed by atoms with van der Waals surface area (Å²) in [5.74, 6) is -10.8. The second-order valence-electron chi connectivity index (χ2n) is 29.4. The molecule has 2 aliphatic heterocycles. The molecule has 0 aromatic heterocycles. The van der Waals surface area contributed by atoms with Crippen LogP contribution in [0, 0.1) is 41.4 Å². The lowest BCUT2D eigenvalue weighted by Crippen LogP contribution is -2.64. The van der Waals surface area contributed by atoms with Crippen LogP contribution in [-0.2, 0) is 62.2 Å². The number of carbonyl (C=O) groups excluding carboxylic acids is 11. The Morgan fingerprint density at radius 2 is 1.00 bits per heavy atom. The van der Waals surface area contributed by atoms with Crippen LogP contribution in [0.5, 0.6) is 0 Å². The molecule has 2 rings (SSSR count). The van der Waals surface area contributed by atoms with Gasteiger partial charge in [-0.15, -0.1) is 0 Å². The monoisotopic (exact) mass is 1360 g/mol. The minimum atomic E-state index is -1.64. The zero-order valence-electron chi connectivity index (χ0n) is 63.2. The Hall–Kier alpha value is -6.25. The van der Waals surface area contributed by atoms with Crippen LogP contribution in [0.1, 0.15) is 164 Å². The molecule has 96 heavy (non-hydrogen) atoms. The van der Waals surface area contributed by atoms with Gasteiger partial charge in [-0.05, 0) is 109 Å². The second kappa shape index (κ2) is 39.4. The lowest BCUT2D eigenvalue weighted by molar-refractivity contribution is -0.157. The Bertz CT molecular complexity index is 2640. The van der Waals surface area contributed by atoms with E-state index >= 15 is 28.8 Å². The molecule has 0 aromatic carbocycles. The van der Waals surface area contributed by atoms with Crippen molar-refractivity contribution in [2.24, 2.45) is 41.4 Å². The highest BCUT2D eigenvalue weighted by atomic mass is 16.5. The van der Waals surface area contributed by atoms with Crippen LogP contribution in [-0.4, -0.2) is 276 Å². The van der Waals surface area contributed by atoms with Gasteiger partial charge in [-0.25, -0.2) is 0 Å². The van der Waals surface area contributed by atoms with Crippen molar-refractivity contribution in [3.8, 4) is 0 Å². The van der Waals surface area contributed by atoms with Crippen molar-refractivity contribution in [2.75, 3.05) is 82.2 Å². The van der Waals surface area contributed by atoms with E-state index in [0.29, 0.717) is 19.6 Å². The molecule has 0 radical (unpaired) electrons. The van der Waals surface area contributed by atoms with Crippen LogP contribution in [0.25, 0.3) is 0 Å². The fourth-order valence-electron chi connectivity index (χ4n) is 12.6. The maximum Gasteiger partial charge on any atom is 0.246 e. The summed E-state index contributed by atoms with van der Waals surface area (Å²) in [5.41, 5.74) is 0. The predicted octanol–water partition coefficient (Wildman–Crippen LogP) is 3.37. The fraction of sp³-hybridized carbons (Fsp3) is 0.814. The van der Waals surface area contributed by atoms with Gasteiger partial charge in [0.15, 0.2) is 0 Å². The molecule has 1 unspecified atom stereocenters. The van der Waals surface area contributed by atoms with Gasteiger partial charge in [0.25, 0.3) is 0 Å². The maximum atomic E-state index is 15.3. The number of hydrogen-bond donors (Lipinski definition) is 5. The number of aliphatic hydroxyl groups is 1. The molecular formula is C70H126N12O14. The van der Waals surface area contributed by atoms with Gasteiger partial charge in [0.2, 0.25) is 65.0 Å². The van der Waals surface area contributed by atoms with E-state index < -0.39 is 161 Å². The van der Waals surface area contributed by atoms with Crippen molar-refractivity contribution in [1.29, 1.82) is 0 Å². The first kappa shape index (κ1) is 85.8. The topological polar surface area (TPSA) is 300 Å². The summed E-state index contributed by atoms with van der Waals surface area (Å²) >= 11 is 0. The van der Waals surface area contributed by atoms with Crippen molar-refractivity contribution in [3.05, 3.63) is 12.2 Å². The molecule has 5 N–H and O–H groups in total. The van der Waals surface area contributed by atoms with Gasteiger partial charge in [0, 0.05) is 74.4 Å². The Kier molecular flexibility index (Phi) is 35.2.